The van der Waals surface area contributed by atoms with Crippen molar-refractivity contribution in [2.45, 2.75) is 4.90 Å². The molecular formula is C31H26BNO3S. The fourth-order valence-corrected chi connectivity index (χ4v) is 5.28. The Morgan fingerprint density at radius 2 is 1.05 bits per heavy atom. The molecule has 4 nitrogen and oxygen atoms in total. The van der Waals surface area contributed by atoms with E-state index >= 15 is 0 Å². The molecule has 0 spiro atoms. The second-order valence-corrected chi connectivity index (χ2v) is 10.1. The Morgan fingerprint density at radius 3 is 1.62 bits per heavy atom. The number of para-hydroxylation sites is 1. The predicted octanol–water partition coefficient (Wildman–Crippen LogP) is 5.91. The van der Waals surface area contributed by atoms with E-state index in [0.717, 1.165) is 39.3 Å². The van der Waals surface area contributed by atoms with Crippen LogP contribution in [0.4, 0.5) is 17.1 Å². The van der Waals surface area contributed by atoms with Crippen LogP contribution in [0.2, 0.25) is 0 Å². The first kappa shape index (κ1) is 24.7. The van der Waals surface area contributed by atoms with Gasteiger partial charge in [-0.15, -0.1) is 0 Å². The van der Waals surface area contributed by atoms with Crippen LogP contribution in [0.15, 0.2) is 132 Å². The van der Waals surface area contributed by atoms with E-state index in [4.69, 9.17) is 0 Å². The molecule has 37 heavy (non-hydrogen) atoms. The van der Waals surface area contributed by atoms with Gasteiger partial charge in [-0.25, -0.2) is 0 Å². The highest BCUT2D eigenvalue weighted by molar-refractivity contribution is 7.84. The molecule has 2 N–H and O–H groups in total. The van der Waals surface area contributed by atoms with E-state index in [0.29, 0.717) is 4.90 Å². The number of hydrogen-bond acceptors (Lipinski definition) is 4. The summed E-state index contributed by atoms with van der Waals surface area (Å²) in [5.41, 5.74) is 7.34. The minimum atomic E-state index is -1.68. The zero-order chi connectivity index (χ0) is 25.8. The monoisotopic (exact) mass is 503 g/mol. The SMILES string of the molecule is CS(=O)c1cc(-c2cccc(N(c3ccccc3)c3cccc(-c4ccccc4)c3)c2)ccc1B(O)O. The molecule has 0 aliphatic heterocycles. The molecule has 0 aromatic heterocycles. The molecule has 0 radical (unpaired) electrons. The molecular weight excluding hydrogens is 477 g/mol. The highest BCUT2D eigenvalue weighted by Gasteiger charge is 2.19. The number of benzene rings is 5. The molecule has 1 atom stereocenters. The number of anilines is 3. The van der Waals surface area contributed by atoms with Gasteiger partial charge in [0.15, 0.2) is 0 Å². The predicted molar refractivity (Wildman–Crippen MR) is 154 cm³/mol. The first-order chi connectivity index (χ1) is 18.0. The molecule has 5 aromatic rings. The molecule has 0 aliphatic carbocycles. The van der Waals surface area contributed by atoms with E-state index in [1.54, 1.807) is 12.1 Å². The second-order valence-electron chi connectivity index (χ2n) is 8.72. The van der Waals surface area contributed by atoms with Crippen molar-refractivity contribution in [3.8, 4) is 22.3 Å². The maximum Gasteiger partial charge on any atom is 0.489 e. The largest absolute Gasteiger partial charge is 0.489 e. The van der Waals surface area contributed by atoms with E-state index in [1.165, 1.54) is 6.26 Å². The molecule has 0 fully saturated rings. The van der Waals surface area contributed by atoms with Gasteiger partial charge in [-0.2, -0.15) is 0 Å². The third-order valence-corrected chi connectivity index (χ3v) is 7.24. The zero-order valence-electron chi connectivity index (χ0n) is 20.4. The fourth-order valence-electron chi connectivity index (χ4n) is 4.48. The molecule has 0 aliphatic rings. The van der Waals surface area contributed by atoms with Crippen molar-refractivity contribution in [1.29, 1.82) is 0 Å². The quantitative estimate of drug-likeness (QED) is 0.271. The fraction of sp³-hybridized carbons (Fsp3) is 0.0323. The molecule has 0 saturated carbocycles. The van der Waals surface area contributed by atoms with Gasteiger partial charge in [0.25, 0.3) is 0 Å². The first-order valence-corrected chi connectivity index (χ1v) is 13.5. The summed E-state index contributed by atoms with van der Waals surface area (Å²) < 4.78 is 12.3. The molecule has 5 rings (SSSR count). The Kier molecular flexibility index (Phi) is 7.33. The lowest BCUT2D eigenvalue weighted by molar-refractivity contribution is 0.425. The Hall–Kier alpha value is -3.97. The van der Waals surface area contributed by atoms with Gasteiger partial charge >= 0.3 is 7.12 Å². The molecule has 182 valence electrons. The van der Waals surface area contributed by atoms with Crippen molar-refractivity contribution < 1.29 is 14.3 Å². The zero-order valence-corrected chi connectivity index (χ0v) is 21.2. The van der Waals surface area contributed by atoms with Crippen LogP contribution in [0.25, 0.3) is 22.3 Å². The van der Waals surface area contributed by atoms with Gasteiger partial charge in [-0.1, -0.05) is 84.9 Å². The second kappa shape index (κ2) is 11.0. The normalized spacial score (nSPS) is 11.6. The van der Waals surface area contributed by atoms with Gasteiger partial charge in [0.2, 0.25) is 0 Å². The van der Waals surface area contributed by atoms with Crippen LogP contribution >= 0.6 is 0 Å². The van der Waals surface area contributed by atoms with Crippen LogP contribution in [0.5, 0.6) is 0 Å². The average molecular weight is 503 g/mol. The lowest BCUT2D eigenvalue weighted by Crippen LogP contribution is -2.33. The third kappa shape index (κ3) is 5.42. The average Bonchev–Trinajstić information content (AvgIpc) is 2.94. The summed E-state index contributed by atoms with van der Waals surface area (Å²) in [4.78, 5) is 2.62. The molecule has 0 amide bonds. The summed E-state index contributed by atoms with van der Waals surface area (Å²) in [6, 6.07) is 42.4. The summed E-state index contributed by atoms with van der Waals surface area (Å²) in [6.45, 7) is 0. The first-order valence-electron chi connectivity index (χ1n) is 12.0. The molecule has 0 bridgehead atoms. The summed E-state index contributed by atoms with van der Waals surface area (Å²) >= 11 is 0. The van der Waals surface area contributed by atoms with Crippen molar-refractivity contribution >= 4 is 40.4 Å². The van der Waals surface area contributed by atoms with Gasteiger partial charge in [-0.3, -0.25) is 4.21 Å². The van der Waals surface area contributed by atoms with Crippen molar-refractivity contribution in [1.82, 2.24) is 0 Å². The van der Waals surface area contributed by atoms with Gasteiger partial charge in [0, 0.05) is 39.0 Å². The van der Waals surface area contributed by atoms with E-state index in [9.17, 15) is 14.3 Å². The summed E-state index contributed by atoms with van der Waals surface area (Å²) in [5.74, 6) is 0. The Labute approximate surface area is 220 Å². The van der Waals surface area contributed by atoms with Crippen LogP contribution in [0.1, 0.15) is 0 Å². The van der Waals surface area contributed by atoms with E-state index in [-0.39, 0.29) is 5.46 Å². The van der Waals surface area contributed by atoms with Gasteiger partial charge < -0.3 is 14.9 Å². The van der Waals surface area contributed by atoms with Crippen LogP contribution in [-0.2, 0) is 10.8 Å². The van der Waals surface area contributed by atoms with Crippen LogP contribution in [0.3, 0.4) is 0 Å². The Morgan fingerprint density at radius 1 is 0.568 bits per heavy atom. The maximum absolute atomic E-state index is 12.3. The van der Waals surface area contributed by atoms with Crippen molar-refractivity contribution in [3.05, 3.63) is 127 Å². The lowest BCUT2D eigenvalue weighted by atomic mass is 9.79. The summed E-state index contributed by atoms with van der Waals surface area (Å²) in [7, 11) is -3.05. The Bertz CT molecular complexity index is 1540. The third-order valence-electron chi connectivity index (χ3n) is 6.26. The van der Waals surface area contributed by atoms with Gasteiger partial charge in [0.1, 0.15) is 0 Å². The van der Waals surface area contributed by atoms with Crippen molar-refractivity contribution in [2.75, 3.05) is 11.2 Å². The standard InChI is InChI=1S/C31H26BNO3S/c1-37(36)31-22-26(18-19-30(31)32(34)35)25-13-9-17-29(21-25)33(27-14-6-3-7-15-27)28-16-8-12-24(20-28)23-10-4-2-5-11-23/h2-22,34-35H,1H3. The molecule has 6 heteroatoms. The number of hydrogen-bond donors (Lipinski definition) is 2. The molecule has 1 unspecified atom stereocenters. The number of rotatable bonds is 7. The van der Waals surface area contributed by atoms with Gasteiger partial charge in [0.05, 0.1) is 0 Å². The minimum Gasteiger partial charge on any atom is -0.423 e. The van der Waals surface area contributed by atoms with E-state index in [2.05, 4.69) is 65.6 Å². The highest BCUT2D eigenvalue weighted by atomic mass is 32.2. The topological polar surface area (TPSA) is 60.8 Å². The smallest absolute Gasteiger partial charge is 0.423 e. The van der Waals surface area contributed by atoms with Crippen LogP contribution < -0.4 is 10.4 Å². The highest BCUT2D eigenvalue weighted by Crippen LogP contribution is 2.38. The summed E-state index contributed by atoms with van der Waals surface area (Å²) in [5, 5.41) is 19.4. The van der Waals surface area contributed by atoms with Crippen LogP contribution in [-0.4, -0.2) is 27.6 Å². The molecule has 5 aromatic carbocycles. The van der Waals surface area contributed by atoms with Crippen molar-refractivity contribution in [2.24, 2.45) is 0 Å². The van der Waals surface area contributed by atoms with E-state index in [1.807, 2.05) is 54.6 Å². The lowest BCUT2D eigenvalue weighted by Gasteiger charge is -2.26. The number of nitrogens with zero attached hydrogens (tertiary/aromatic N) is 1. The maximum atomic E-state index is 12.3. The van der Waals surface area contributed by atoms with Gasteiger partial charge in [-0.05, 0) is 70.2 Å². The minimum absolute atomic E-state index is 0.254. The Balaban J connectivity index is 1.62. The molecule has 0 heterocycles. The summed E-state index contributed by atoms with van der Waals surface area (Å²) in [6.07, 6.45) is 1.54. The van der Waals surface area contributed by atoms with Crippen molar-refractivity contribution in [3.63, 3.8) is 0 Å². The van der Waals surface area contributed by atoms with Crippen LogP contribution in [0, 0.1) is 0 Å². The molecule has 0 saturated heterocycles. The van der Waals surface area contributed by atoms with E-state index < -0.39 is 17.9 Å².